The maximum absolute atomic E-state index is 11.3. The molecule has 2 amide bonds. The number of carbonyl (C=O) groups excluding carboxylic acids is 1. The number of carbonyl (C=O) groups is 2. The van der Waals surface area contributed by atoms with Crippen molar-refractivity contribution in [3.63, 3.8) is 0 Å². The lowest BCUT2D eigenvalue weighted by Crippen LogP contribution is -2.35. The van der Waals surface area contributed by atoms with E-state index in [0.29, 0.717) is 12.3 Å². The van der Waals surface area contributed by atoms with Gasteiger partial charge in [0.05, 0.1) is 6.54 Å². The van der Waals surface area contributed by atoms with Crippen LogP contribution < -0.4 is 10.6 Å². The normalized spacial score (nSPS) is 9.67. The van der Waals surface area contributed by atoms with Crippen molar-refractivity contribution in [3.8, 4) is 0 Å². The van der Waals surface area contributed by atoms with Gasteiger partial charge in [0, 0.05) is 6.54 Å². The molecule has 0 atom stereocenters. The number of allylic oxidation sites excluding steroid dienone is 1. The van der Waals surface area contributed by atoms with Crippen molar-refractivity contribution in [2.45, 2.75) is 20.4 Å². The van der Waals surface area contributed by atoms with Gasteiger partial charge in [-0.1, -0.05) is 11.6 Å². The molecule has 0 unspecified atom stereocenters. The third kappa shape index (κ3) is 4.73. The topological polar surface area (TPSA) is 91.6 Å². The van der Waals surface area contributed by atoms with Crippen molar-refractivity contribution in [2.75, 3.05) is 6.54 Å². The fourth-order valence-electron chi connectivity index (χ4n) is 1.17. The third-order valence-corrected chi connectivity index (χ3v) is 2.07. The van der Waals surface area contributed by atoms with E-state index in [9.17, 15) is 9.59 Å². The minimum atomic E-state index is -1.13. The number of aromatic carboxylic acids is 1. The van der Waals surface area contributed by atoms with E-state index in [2.05, 4.69) is 10.6 Å². The molecule has 1 heterocycles. The summed E-state index contributed by atoms with van der Waals surface area (Å²) in [5.74, 6) is -0.879. The Hall–Kier alpha value is -2.24. The number of urea groups is 1. The highest BCUT2D eigenvalue weighted by Gasteiger charge is 2.09. The Balaban J connectivity index is 2.33. The van der Waals surface area contributed by atoms with E-state index in [0.717, 1.165) is 5.57 Å². The van der Waals surface area contributed by atoms with Gasteiger partial charge in [-0.25, -0.2) is 9.59 Å². The number of carboxylic acids is 1. The monoisotopic (exact) mass is 252 g/mol. The van der Waals surface area contributed by atoms with Crippen molar-refractivity contribution in [3.05, 3.63) is 35.3 Å². The Bertz CT molecular complexity index is 458. The van der Waals surface area contributed by atoms with E-state index in [4.69, 9.17) is 9.52 Å². The molecular weight excluding hydrogens is 236 g/mol. The van der Waals surface area contributed by atoms with E-state index in [1.54, 1.807) is 0 Å². The minimum absolute atomic E-state index is 0.142. The molecule has 0 radical (unpaired) electrons. The first kappa shape index (κ1) is 13.8. The van der Waals surface area contributed by atoms with Crippen LogP contribution in [0.5, 0.6) is 0 Å². The van der Waals surface area contributed by atoms with Gasteiger partial charge in [0.25, 0.3) is 0 Å². The van der Waals surface area contributed by atoms with Gasteiger partial charge in [-0.05, 0) is 26.0 Å². The zero-order chi connectivity index (χ0) is 13.5. The lowest BCUT2D eigenvalue weighted by Gasteiger charge is -2.04. The number of hydrogen-bond donors (Lipinski definition) is 3. The van der Waals surface area contributed by atoms with E-state index in [-0.39, 0.29) is 18.3 Å². The summed E-state index contributed by atoms with van der Waals surface area (Å²) in [4.78, 5) is 21.9. The molecule has 0 bridgehead atoms. The SMILES string of the molecule is CC(C)=CCNC(=O)NCc1ccc(C(=O)O)o1. The summed E-state index contributed by atoms with van der Waals surface area (Å²) in [5, 5.41) is 13.8. The largest absolute Gasteiger partial charge is 0.475 e. The van der Waals surface area contributed by atoms with E-state index >= 15 is 0 Å². The summed E-state index contributed by atoms with van der Waals surface area (Å²) in [5.41, 5.74) is 1.12. The van der Waals surface area contributed by atoms with E-state index < -0.39 is 5.97 Å². The van der Waals surface area contributed by atoms with Crippen LogP contribution in [0.25, 0.3) is 0 Å². The molecule has 0 aliphatic carbocycles. The molecule has 1 rings (SSSR count). The van der Waals surface area contributed by atoms with Crippen LogP contribution in [0.1, 0.15) is 30.2 Å². The molecule has 0 aliphatic rings. The second kappa shape index (κ2) is 6.48. The maximum Gasteiger partial charge on any atom is 0.371 e. The minimum Gasteiger partial charge on any atom is -0.475 e. The molecule has 1 aromatic rings. The molecule has 0 spiro atoms. The van der Waals surface area contributed by atoms with Crippen molar-refractivity contribution >= 4 is 12.0 Å². The Labute approximate surface area is 105 Å². The first-order valence-electron chi connectivity index (χ1n) is 5.46. The van der Waals surface area contributed by atoms with Crippen molar-refractivity contribution in [1.29, 1.82) is 0 Å². The molecule has 0 aliphatic heterocycles. The van der Waals surface area contributed by atoms with Gasteiger partial charge in [-0.3, -0.25) is 0 Å². The van der Waals surface area contributed by atoms with Gasteiger partial charge in [-0.2, -0.15) is 0 Å². The summed E-state index contributed by atoms with van der Waals surface area (Å²) in [6, 6.07) is 2.53. The molecule has 98 valence electrons. The van der Waals surface area contributed by atoms with Crippen LogP contribution in [-0.2, 0) is 6.54 Å². The summed E-state index contributed by atoms with van der Waals surface area (Å²) in [6.45, 7) is 4.48. The summed E-state index contributed by atoms with van der Waals surface area (Å²) < 4.78 is 4.98. The van der Waals surface area contributed by atoms with E-state index in [1.165, 1.54) is 12.1 Å². The quantitative estimate of drug-likeness (QED) is 0.696. The van der Waals surface area contributed by atoms with Crippen molar-refractivity contribution in [2.24, 2.45) is 0 Å². The van der Waals surface area contributed by atoms with Crippen molar-refractivity contribution < 1.29 is 19.1 Å². The van der Waals surface area contributed by atoms with Crippen LogP contribution in [0.2, 0.25) is 0 Å². The molecule has 18 heavy (non-hydrogen) atoms. The van der Waals surface area contributed by atoms with Crippen LogP contribution in [0.3, 0.4) is 0 Å². The molecular formula is C12H16N2O4. The summed E-state index contributed by atoms with van der Waals surface area (Å²) in [7, 11) is 0. The van der Waals surface area contributed by atoms with Gasteiger partial charge in [0.15, 0.2) is 0 Å². The predicted molar refractivity (Wildman–Crippen MR) is 65.3 cm³/mol. The summed E-state index contributed by atoms with van der Waals surface area (Å²) in [6.07, 6.45) is 1.88. The first-order chi connectivity index (χ1) is 8.49. The number of amides is 2. The first-order valence-corrected chi connectivity index (χ1v) is 5.46. The Morgan fingerprint density at radius 3 is 2.61 bits per heavy atom. The standard InChI is InChI=1S/C12H16N2O4/c1-8(2)5-6-13-12(17)14-7-9-3-4-10(18-9)11(15)16/h3-5H,6-7H2,1-2H3,(H,15,16)(H2,13,14,17). The fraction of sp³-hybridized carbons (Fsp3) is 0.333. The lowest BCUT2D eigenvalue weighted by molar-refractivity contribution is 0.0660. The van der Waals surface area contributed by atoms with Crippen molar-refractivity contribution in [1.82, 2.24) is 10.6 Å². The second-order valence-corrected chi connectivity index (χ2v) is 3.92. The second-order valence-electron chi connectivity index (χ2n) is 3.92. The average Bonchev–Trinajstić information content (AvgIpc) is 2.74. The molecule has 0 saturated carbocycles. The van der Waals surface area contributed by atoms with Crippen LogP contribution in [-0.4, -0.2) is 23.7 Å². The Morgan fingerprint density at radius 1 is 1.33 bits per heavy atom. The Kier molecular flexibility index (Phi) is 4.98. The zero-order valence-corrected chi connectivity index (χ0v) is 10.3. The molecule has 0 fully saturated rings. The van der Waals surface area contributed by atoms with Gasteiger partial charge >= 0.3 is 12.0 Å². The number of carboxylic acid groups (broad SMARTS) is 1. The Morgan fingerprint density at radius 2 is 2.06 bits per heavy atom. The average molecular weight is 252 g/mol. The van der Waals surface area contributed by atoms with Crippen LogP contribution in [0.15, 0.2) is 28.2 Å². The van der Waals surface area contributed by atoms with Gasteiger partial charge in [-0.15, -0.1) is 0 Å². The highest BCUT2D eigenvalue weighted by atomic mass is 16.4. The van der Waals surface area contributed by atoms with Crippen LogP contribution in [0.4, 0.5) is 4.79 Å². The van der Waals surface area contributed by atoms with Gasteiger partial charge < -0.3 is 20.2 Å². The number of rotatable bonds is 5. The fourth-order valence-corrected chi connectivity index (χ4v) is 1.17. The molecule has 3 N–H and O–H groups in total. The molecule has 0 aromatic carbocycles. The molecule has 1 aromatic heterocycles. The number of hydrogen-bond acceptors (Lipinski definition) is 3. The predicted octanol–water partition coefficient (Wildman–Crippen LogP) is 1.74. The highest BCUT2D eigenvalue weighted by Crippen LogP contribution is 2.07. The molecule has 0 saturated heterocycles. The maximum atomic E-state index is 11.3. The van der Waals surface area contributed by atoms with Gasteiger partial charge in [0.2, 0.25) is 5.76 Å². The third-order valence-electron chi connectivity index (χ3n) is 2.07. The number of nitrogens with one attached hydrogen (secondary N) is 2. The van der Waals surface area contributed by atoms with E-state index in [1.807, 2.05) is 19.9 Å². The van der Waals surface area contributed by atoms with Gasteiger partial charge in [0.1, 0.15) is 5.76 Å². The molecule has 6 heteroatoms. The van der Waals surface area contributed by atoms with Crippen LogP contribution in [0, 0.1) is 0 Å². The summed E-state index contributed by atoms with van der Waals surface area (Å²) >= 11 is 0. The smallest absolute Gasteiger partial charge is 0.371 e. The van der Waals surface area contributed by atoms with Crippen LogP contribution >= 0.6 is 0 Å². The highest BCUT2D eigenvalue weighted by molar-refractivity contribution is 5.84. The lowest BCUT2D eigenvalue weighted by atomic mass is 10.3. The number of furan rings is 1. The zero-order valence-electron chi connectivity index (χ0n) is 10.3. The molecule has 6 nitrogen and oxygen atoms in total.